The highest BCUT2D eigenvalue weighted by molar-refractivity contribution is 5.92. The smallest absolute Gasteiger partial charge is 0.161 e. The van der Waals surface area contributed by atoms with Crippen molar-refractivity contribution in [3.8, 4) is 0 Å². The highest BCUT2D eigenvalue weighted by Gasteiger charge is 2.64. The van der Waals surface area contributed by atoms with Crippen molar-refractivity contribution in [3.63, 3.8) is 0 Å². The molecule has 6 atom stereocenters. The molecule has 1 N–H and O–H groups in total. The quantitative estimate of drug-likeness (QED) is 0.800. The number of aliphatic hydroxyl groups is 1. The summed E-state index contributed by atoms with van der Waals surface area (Å²) in [4.78, 5) is 24.0. The molecule has 0 spiro atoms. The van der Waals surface area contributed by atoms with Gasteiger partial charge in [-0.1, -0.05) is 26.0 Å². The van der Waals surface area contributed by atoms with Gasteiger partial charge in [-0.05, 0) is 73.8 Å². The number of hydrogen-bond acceptors (Lipinski definition) is 3. The van der Waals surface area contributed by atoms with Crippen LogP contribution in [-0.2, 0) is 9.59 Å². The molecule has 2 fully saturated rings. The molecule has 3 nitrogen and oxygen atoms in total. The lowest BCUT2D eigenvalue weighted by Crippen LogP contribution is -2.56. The summed E-state index contributed by atoms with van der Waals surface area (Å²) in [5.74, 6) is 1.47. The number of carbonyl (C=O) groups excluding carboxylic acids is 2. The molecule has 130 valence electrons. The van der Waals surface area contributed by atoms with Crippen molar-refractivity contribution < 1.29 is 14.7 Å². The predicted octanol–water partition coefficient (Wildman–Crippen LogP) is 3.61. The Morgan fingerprint density at radius 1 is 1.17 bits per heavy atom. The topological polar surface area (TPSA) is 54.4 Å². The Balaban J connectivity index is 1.75. The van der Waals surface area contributed by atoms with Crippen LogP contribution in [0.1, 0.15) is 59.3 Å². The van der Waals surface area contributed by atoms with Gasteiger partial charge in [-0.2, -0.15) is 0 Å². The average Bonchev–Trinajstić information content (AvgIpc) is 2.81. The number of Topliss-reactive ketones (excluding diaryl/α,β-unsaturated/α-hetero) is 1. The van der Waals surface area contributed by atoms with E-state index < -0.39 is 5.60 Å². The van der Waals surface area contributed by atoms with E-state index in [0.717, 1.165) is 25.7 Å². The normalized spacial score (nSPS) is 49.9. The van der Waals surface area contributed by atoms with Crippen LogP contribution in [0.2, 0.25) is 0 Å². The molecule has 2 saturated carbocycles. The van der Waals surface area contributed by atoms with Gasteiger partial charge in [0.05, 0.1) is 0 Å². The number of fused-ring (bicyclic) bond motifs is 5. The molecular formula is C21H28O3. The zero-order chi connectivity index (χ0) is 17.3. The lowest BCUT2D eigenvalue weighted by molar-refractivity contribution is -0.156. The first-order chi connectivity index (χ1) is 11.2. The number of hydrogen-bond donors (Lipinski definition) is 1. The molecule has 0 unspecified atom stereocenters. The second-order valence-electron chi connectivity index (χ2n) is 9.04. The van der Waals surface area contributed by atoms with Gasteiger partial charge in [-0.15, -0.1) is 0 Å². The van der Waals surface area contributed by atoms with Crippen molar-refractivity contribution in [2.45, 2.75) is 64.9 Å². The van der Waals surface area contributed by atoms with Crippen molar-refractivity contribution in [2.24, 2.45) is 28.6 Å². The average molecular weight is 328 g/mol. The van der Waals surface area contributed by atoms with Crippen molar-refractivity contribution >= 4 is 11.6 Å². The lowest BCUT2D eigenvalue weighted by Gasteiger charge is -2.56. The summed E-state index contributed by atoms with van der Waals surface area (Å²) in [6, 6.07) is 0. The highest BCUT2D eigenvalue weighted by atomic mass is 16.3. The van der Waals surface area contributed by atoms with E-state index in [9.17, 15) is 14.7 Å². The van der Waals surface area contributed by atoms with Gasteiger partial charge in [0.25, 0.3) is 0 Å². The molecule has 0 aromatic heterocycles. The summed E-state index contributed by atoms with van der Waals surface area (Å²) >= 11 is 0. The molecule has 4 aliphatic carbocycles. The van der Waals surface area contributed by atoms with Crippen LogP contribution < -0.4 is 0 Å². The lowest BCUT2D eigenvalue weighted by atomic mass is 9.48. The first-order valence-electron chi connectivity index (χ1n) is 9.39. The van der Waals surface area contributed by atoms with Crippen molar-refractivity contribution in [3.05, 3.63) is 23.8 Å². The van der Waals surface area contributed by atoms with Crippen LogP contribution in [0.5, 0.6) is 0 Å². The van der Waals surface area contributed by atoms with Crippen LogP contribution in [0.3, 0.4) is 0 Å². The maximum atomic E-state index is 12.2. The third-order valence-corrected chi connectivity index (χ3v) is 8.25. The van der Waals surface area contributed by atoms with E-state index >= 15 is 0 Å². The van der Waals surface area contributed by atoms with Gasteiger partial charge in [0.2, 0.25) is 0 Å². The fourth-order valence-electron chi connectivity index (χ4n) is 6.59. The molecular weight excluding hydrogens is 300 g/mol. The SMILES string of the molecule is CC(=O)[C@]1(O)CC[C@@H]2[C@H]3C=CC4=CC(=O)CC[C@@]4(C)[C@@H]3CC[C@@]21C. The molecule has 0 amide bonds. The molecule has 3 heteroatoms. The Hall–Kier alpha value is -1.22. The van der Waals surface area contributed by atoms with Crippen molar-refractivity contribution in [1.29, 1.82) is 0 Å². The predicted molar refractivity (Wildman–Crippen MR) is 92.2 cm³/mol. The summed E-state index contributed by atoms with van der Waals surface area (Å²) in [6.45, 7) is 6.00. The van der Waals surface area contributed by atoms with Crippen LogP contribution in [-0.4, -0.2) is 22.3 Å². The Labute approximate surface area is 144 Å². The second kappa shape index (κ2) is 4.91. The maximum absolute atomic E-state index is 12.2. The van der Waals surface area contributed by atoms with Crippen LogP contribution in [0.15, 0.2) is 23.8 Å². The number of ketones is 2. The van der Waals surface area contributed by atoms with Crippen molar-refractivity contribution in [2.75, 3.05) is 0 Å². The van der Waals surface area contributed by atoms with Crippen LogP contribution in [0.4, 0.5) is 0 Å². The van der Waals surface area contributed by atoms with E-state index in [1.807, 2.05) is 6.08 Å². The third kappa shape index (κ3) is 1.82. The summed E-state index contributed by atoms with van der Waals surface area (Å²) in [6.07, 6.45) is 11.3. The Morgan fingerprint density at radius 2 is 1.88 bits per heavy atom. The van der Waals surface area contributed by atoms with Gasteiger partial charge in [-0.25, -0.2) is 0 Å². The second-order valence-corrected chi connectivity index (χ2v) is 9.04. The Morgan fingerprint density at radius 3 is 2.58 bits per heavy atom. The number of rotatable bonds is 1. The molecule has 0 bridgehead atoms. The molecule has 0 aromatic rings. The highest BCUT2D eigenvalue weighted by Crippen LogP contribution is 2.66. The van der Waals surface area contributed by atoms with Gasteiger partial charge in [0.1, 0.15) is 5.60 Å². The van der Waals surface area contributed by atoms with E-state index in [-0.39, 0.29) is 22.4 Å². The maximum Gasteiger partial charge on any atom is 0.161 e. The molecule has 4 rings (SSSR count). The summed E-state index contributed by atoms with van der Waals surface area (Å²) in [7, 11) is 0. The molecule has 0 aliphatic heterocycles. The fourth-order valence-corrected chi connectivity index (χ4v) is 6.59. The summed E-state index contributed by atoms with van der Waals surface area (Å²) in [5.41, 5.74) is -0.197. The van der Waals surface area contributed by atoms with E-state index in [1.165, 1.54) is 5.57 Å². The first kappa shape index (κ1) is 16.3. The molecule has 0 aromatic carbocycles. The van der Waals surface area contributed by atoms with Crippen molar-refractivity contribution in [1.82, 2.24) is 0 Å². The molecule has 4 aliphatic rings. The monoisotopic (exact) mass is 328 g/mol. The third-order valence-electron chi connectivity index (χ3n) is 8.25. The first-order valence-corrected chi connectivity index (χ1v) is 9.39. The fraction of sp³-hybridized carbons (Fsp3) is 0.714. The van der Waals surface area contributed by atoms with E-state index in [2.05, 4.69) is 26.0 Å². The van der Waals surface area contributed by atoms with Gasteiger partial charge in [0.15, 0.2) is 11.6 Å². The van der Waals surface area contributed by atoms with Gasteiger partial charge in [0, 0.05) is 11.8 Å². The van der Waals surface area contributed by atoms with E-state index in [0.29, 0.717) is 30.6 Å². The summed E-state index contributed by atoms with van der Waals surface area (Å²) < 4.78 is 0. The molecule has 0 saturated heterocycles. The van der Waals surface area contributed by atoms with E-state index in [1.54, 1.807) is 6.92 Å². The van der Waals surface area contributed by atoms with Crippen LogP contribution >= 0.6 is 0 Å². The standard InChI is InChI=1S/C21H28O3/c1-13(22)21(24)11-8-18-16-5-4-14-12-15(23)6-9-19(14,2)17(16)7-10-20(18,21)3/h4-5,12,16-18,24H,6-11H2,1-3H3/t16-,17+,18+,19+,20-,21+/m0/s1. The minimum Gasteiger partial charge on any atom is -0.382 e. The van der Waals surface area contributed by atoms with Gasteiger partial charge >= 0.3 is 0 Å². The molecule has 24 heavy (non-hydrogen) atoms. The zero-order valence-electron chi connectivity index (χ0n) is 15.0. The van der Waals surface area contributed by atoms with Crippen LogP contribution in [0.25, 0.3) is 0 Å². The zero-order valence-corrected chi connectivity index (χ0v) is 15.0. The van der Waals surface area contributed by atoms with E-state index in [4.69, 9.17) is 0 Å². The molecule has 0 radical (unpaired) electrons. The minimum absolute atomic E-state index is 0.0687. The Kier molecular flexibility index (Phi) is 3.32. The number of allylic oxidation sites excluding steroid dienone is 4. The van der Waals surface area contributed by atoms with Gasteiger partial charge < -0.3 is 5.11 Å². The molecule has 0 heterocycles. The minimum atomic E-state index is -1.16. The largest absolute Gasteiger partial charge is 0.382 e. The Bertz CT molecular complexity index is 675. The van der Waals surface area contributed by atoms with Crippen LogP contribution in [0, 0.1) is 28.6 Å². The van der Waals surface area contributed by atoms with Gasteiger partial charge in [-0.3, -0.25) is 9.59 Å². The number of carbonyl (C=O) groups is 2. The summed E-state index contributed by atoms with van der Waals surface area (Å²) in [5, 5.41) is 11.1.